The van der Waals surface area contributed by atoms with Gasteiger partial charge in [-0.2, -0.15) is 0 Å². The molecule has 0 spiro atoms. The van der Waals surface area contributed by atoms with Crippen molar-refractivity contribution >= 4 is 22.8 Å². The summed E-state index contributed by atoms with van der Waals surface area (Å²) in [7, 11) is 3.21. The van der Waals surface area contributed by atoms with Crippen LogP contribution in [0.25, 0.3) is 11.0 Å². The molecule has 22 heavy (non-hydrogen) atoms. The zero-order valence-corrected chi connectivity index (χ0v) is 13.0. The number of hydrogen-bond acceptors (Lipinski definition) is 4. The molecule has 4 nitrogen and oxygen atoms in total. The Morgan fingerprint density at radius 1 is 1.14 bits per heavy atom. The first kappa shape index (κ1) is 14.7. The molecule has 0 aliphatic carbocycles. The zero-order valence-electron chi connectivity index (χ0n) is 12.2. The molecular weight excluding hydrogens is 303 g/mol. The van der Waals surface area contributed by atoms with Crippen LogP contribution < -0.4 is 9.47 Å². The predicted molar refractivity (Wildman–Crippen MR) is 85.2 cm³/mol. The van der Waals surface area contributed by atoms with Crippen LogP contribution in [0.15, 0.2) is 41.6 Å². The topological polar surface area (TPSA) is 47.1 Å². The highest BCUT2D eigenvalue weighted by Crippen LogP contribution is 2.29. The van der Waals surface area contributed by atoms with E-state index in [9.17, 15) is 4.39 Å². The van der Waals surface area contributed by atoms with E-state index < -0.39 is 0 Å². The molecule has 1 N–H and O–H groups in total. The SMILES string of the molecule is COc1ccc2nc(SCc3cc(F)ccc3OC)[nH]c2c1. The van der Waals surface area contributed by atoms with Crippen LogP contribution in [0.2, 0.25) is 0 Å². The molecule has 0 saturated carbocycles. The van der Waals surface area contributed by atoms with E-state index in [4.69, 9.17) is 9.47 Å². The third-order valence-corrected chi connectivity index (χ3v) is 4.20. The number of benzene rings is 2. The molecule has 0 amide bonds. The summed E-state index contributed by atoms with van der Waals surface area (Å²) in [6.07, 6.45) is 0. The minimum Gasteiger partial charge on any atom is -0.497 e. The zero-order chi connectivity index (χ0) is 15.5. The molecule has 0 aliphatic rings. The molecule has 0 saturated heterocycles. The van der Waals surface area contributed by atoms with Gasteiger partial charge in [0.05, 0.1) is 25.3 Å². The summed E-state index contributed by atoms with van der Waals surface area (Å²) < 4.78 is 23.8. The second-order valence-corrected chi connectivity index (χ2v) is 5.63. The van der Waals surface area contributed by atoms with Gasteiger partial charge in [-0.15, -0.1) is 0 Å². The van der Waals surface area contributed by atoms with Crippen molar-refractivity contribution in [1.29, 1.82) is 0 Å². The quantitative estimate of drug-likeness (QED) is 0.722. The normalized spacial score (nSPS) is 10.9. The van der Waals surface area contributed by atoms with Gasteiger partial charge in [-0.25, -0.2) is 9.37 Å². The first-order chi connectivity index (χ1) is 10.7. The van der Waals surface area contributed by atoms with Crippen LogP contribution >= 0.6 is 11.8 Å². The Labute approximate surface area is 131 Å². The van der Waals surface area contributed by atoms with Gasteiger partial charge in [0.25, 0.3) is 0 Å². The summed E-state index contributed by atoms with van der Waals surface area (Å²) in [5.41, 5.74) is 2.58. The molecule has 2 aromatic carbocycles. The molecule has 114 valence electrons. The van der Waals surface area contributed by atoms with Crippen LogP contribution in [-0.2, 0) is 5.75 Å². The van der Waals surface area contributed by atoms with E-state index in [1.165, 1.54) is 23.9 Å². The highest BCUT2D eigenvalue weighted by molar-refractivity contribution is 7.98. The molecule has 0 bridgehead atoms. The molecule has 0 atom stereocenters. The first-order valence-corrected chi connectivity index (χ1v) is 7.67. The van der Waals surface area contributed by atoms with E-state index in [1.54, 1.807) is 20.3 Å². The summed E-state index contributed by atoms with van der Waals surface area (Å²) >= 11 is 1.50. The van der Waals surface area contributed by atoms with Crippen LogP contribution in [0, 0.1) is 5.82 Å². The Balaban J connectivity index is 1.80. The number of aromatic nitrogens is 2. The van der Waals surface area contributed by atoms with E-state index in [0.29, 0.717) is 11.5 Å². The molecule has 3 rings (SSSR count). The smallest absolute Gasteiger partial charge is 0.166 e. The number of H-pyrrole nitrogens is 1. The fourth-order valence-electron chi connectivity index (χ4n) is 2.17. The molecular formula is C16H15FN2O2S. The van der Waals surface area contributed by atoms with Gasteiger partial charge in [0.15, 0.2) is 5.16 Å². The summed E-state index contributed by atoms with van der Waals surface area (Å²) in [4.78, 5) is 7.73. The monoisotopic (exact) mass is 318 g/mol. The molecule has 1 heterocycles. The number of nitrogens with zero attached hydrogens (tertiary/aromatic N) is 1. The van der Waals surface area contributed by atoms with Crippen LogP contribution in [-0.4, -0.2) is 24.2 Å². The second kappa shape index (κ2) is 6.27. The summed E-state index contributed by atoms with van der Waals surface area (Å²) in [5, 5.41) is 0.773. The third-order valence-electron chi connectivity index (χ3n) is 3.27. The van der Waals surface area contributed by atoms with E-state index >= 15 is 0 Å². The van der Waals surface area contributed by atoms with E-state index in [2.05, 4.69) is 9.97 Å². The number of methoxy groups -OCH3 is 2. The number of thioether (sulfide) groups is 1. The van der Waals surface area contributed by atoms with Crippen LogP contribution in [0.3, 0.4) is 0 Å². The molecule has 0 aliphatic heterocycles. The Kier molecular flexibility index (Phi) is 4.20. The van der Waals surface area contributed by atoms with Crippen LogP contribution in [0.1, 0.15) is 5.56 Å². The van der Waals surface area contributed by atoms with Crippen molar-refractivity contribution in [3.63, 3.8) is 0 Å². The Hall–Kier alpha value is -2.21. The molecule has 1 aromatic heterocycles. The average molecular weight is 318 g/mol. The van der Waals surface area contributed by atoms with Crippen molar-refractivity contribution in [3.8, 4) is 11.5 Å². The van der Waals surface area contributed by atoms with Gasteiger partial charge in [-0.05, 0) is 30.3 Å². The molecule has 6 heteroatoms. The van der Waals surface area contributed by atoms with Crippen molar-refractivity contribution in [1.82, 2.24) is 9.97 Å². The maximum atomic E-state index is 13.4. The lowest BCUT2D eigenvalue weighted by atomic mass is 10.2. The minimum absolute atomic E-state index is 0.272. The van der Waals surface area contributed by atoms with Crippen molar-refractivity contribution in [2.75, 3.05) is 14.2 Å². The molecule has 0 fully saturated rings. The van der Waals surface area contributed by atoms with Gasteiger partial charge < -0.3 is 14.5 Å². The largest absolute Gasteiger partial charge is 0.497 e. The number of imidazole rings is 1. The van der Waals surface area contributed by atoms with Crippen LogP contribution in [0.4, 0.5) is 4.39 Å². The Morgan fingerprint density at radius 2 is 2.00 bits per heavy atom. The van der Waals surface area contributed by atoms with Gasteiger partial charge in [0.2, 0.25) is 0 Å². The Bertz CT molecular complexity index is 804. The van der Waals surface area contributed by atoms with Crippen LogP contribution in [0.5, 0.6) is 11.5 Å². The third kappa shape index (κ3) is 3.01. The summed E-state index contributed by atoms with van der Waals surface area (Å²) in [6.45, 7) is 0. The summed E-state index contributed by atoms with van der Waals surface area (Å²) in [5.74, 6) is 1.75. The fraction of sp³-hybridized carbons (Fsp3) is 0.188. The number of rotatable bonds is 5. The minimum atomic E-state index is -0.272. The number of aromatic amines is 1. The van der Waals surface area contributed by atoms with Crippen molar-refractivity contribution < 1.29 is 13.9 Å². The van der Waals surface area contributed by atoms with E-state index in [1.807, 2.05) is 18.2 Å². The fourth-order valence-corrected chi connectivity index (χ4v) is 3.03. The number of hydrogen-bond donors (Lipinski definition) is 1. The highest BCUT2D eigenvalue weighted by Gasteiger charge is 2.09. The van der Waals surface area contributed by atoms with Gasteiger partial charge in [-0.3, -0.25) is 0 Å². The molecule has 3 aromatic rings. The second-order valence-electron chi connectivity index (χ2n) is 4.67. The van der Waals surface area contributed by atoms with Gasteiger partial charge >= 0.3 is 0 Å². The number of halogens is 1. The lowest BCUT2D eigenvalue weighted by molar-refractivity contribution is 0.410. The maximum absolute atomic E-state index is 13.4. The standard InChI is InChI=1S/C16H15FN2O2S/c1-20-12-4-5-13-14(8-12)19-16(18-13)22-9-10-7-11(17)3-6-15(10)21-2/h3-8H,9H2,1-2H3,(H,18,19). The average Bonchev–Trinajstić information content (AvgIpc) is 2.94. The Morgan fingerprint density at radius 3 is 2.77 bits per heavy atom. The number of nitrogens with one attached hydrogen (secondary N) is 1. The van der Waals surface area contributed by atoms with Crippen molar-refractivity contribution in [2.45, 2.75) is 10.9 Å². The lowest BCUT2D eigenvalue weighted by Gasteiger charge is -2.07. The van der Waals surface area contributed by atoms with Crippen molar-refractivity contribution in [2.24, 2.45) is 0 Å². The molecule has 0 radical (unpaired) electrons. The van der Waals surface area contributed by atoms with Gasteiger partial charge in [0, 0.05) is 17.4 Å². The lowest BCUT2D eigenvalue weighted by Crippen LogP contribution is -1.91. The van der Waals surface area contributed by atoms with Crippen molar-refractivity contribution in [3.05, 3.63) is 47.8 Å². The molecule has 0 unspecified atom stereocenters. The highest BCUT2D eigenvalue weighted by atomic mass is 32.2. The van der Waals surface area contributed by atoms with E-state index in [0.717, 1.165) is 27.5 Å². The van der Waals surface area contributed by atoms with Gasteiger partial charge in [0.1, 0.15) is 17.3 Å². The first-order valence-electron chi connectivity index (χ1n) is 6.68. The number of fused-ring (bicyclic) bond motifs is 1. The maximum Gasteiger partial charge on any atom is 0.166 e. The predicted octanol–water partition coefficient (Wildman–Crippen LogP) is 4.01. The van der Waals surface area contributed by atoms with E-state index in [-0.39, 0.29) is 5.82 Å². The number of ether oxygens (including phenoxy) is 2. The van der Waals surface area contributed by atoms with Gasteiger partial charge in [-0.1, -0.05) is 11.8 Å². The summed E-state index contributed by atoms with van der Waals surface area (Å²) in [6, 6.07) is 10.2.